The van der Waals surface area contributed by atoms with E-state index in [9.17, 15) is 13.6 Å². The molecule has 0 aliphatic carbocycles. The molecule has 24 heavy (non-hydrogen) atoms. The largest absolute Gasteiger partial charge is 0.492 e. The van der Waals surface area contributed by atoms with Gasteiger partial charge < -0.3 is 10.1 Å². The van der Waals surface area contributed by atoms with Crippen molar-refractivity contribution in [3.8, 4) is 5.75 Å². The first-order valence-electron chi connectivity index (χ1n) is 7.61. The summed E-state index contributed by atoms with van der Waals surface area (Å²) in [5.41, 5.74) is -0.0396. The Bertz CT molecular complexity index is 680. The van der Waals surface area contributed by atoms with Crippen LogP contribution in [0.15, 0.2) is 48.5 Å². The summed E-state index contributed by atoms with van der Waals surface area (Å²) in [5, 5.41) is 2.46. The van der Waals surface area contributed by atoms with Crippen LogP contribution in [-0.4, -0.2) is 37.0 Å². The minimum absolute atomic E-state index is 0.0396. The lowest BCUT2D eigenvalue weighted by Gasteiger charge is -2.24. The number of likely N-dealkylation sites (N-methyl/N-ethyl adjacent to an activating group) is 1. The Labute approximate surface area is 140 Å². The Morgan fingerprint density at radius 2 is 1.92 bits per heavy atom. The van der Waals surface area contributed by atoms with E-state index in [-0.39, 0.29) is 11.6 Å². The summed E-state index contributed by atoms with van der Waals surface area (Å²) in [5.74, 6) is -1.10. The molecule has 2 aromatic rings. The molecule has 0 aromatic heterocycles. The zero-order chi connectivity index (χ0) is 17.5. The highest BCUT2D eigenvalue weighted by Crippen LogP contribution is 2.15. The predicted octanol–water partition coefficient (Wildman–Crippen LogP) is 3.30. The highest BCUT2D eigenvalue weighted by atomic mass is 19.1. The SMILES string of the molecule is CC(C(=O)Nc1ccc(F)cc1F)N(C)CCOc1ccccc1. The highest BCUT2D eigenvalue weighted by molar-refractivity contribution is 5.94. The number of hydrogen-bond donors (Lipinski definition) is 1. The maximum atomic E-state index is 13.6. The van der Waals surface area contributed by atoms with Gasteiger partial charge in [-0.15, -0.1) is 0 Å². The topological polar surface area (TPSA) is 41.6 Å². The number of ether oxygens (including phenoxy) is 1. The van der Waals surface area contributed by atoms with Crippen LogP contribution in [0.2, 0.25) is 0 Å². The summed E-state index contributed by atoms with van der Waals surface area (Å²) >= 11 is 0. The number of nitrogens with one attached hydrogen (secondary N) is 1. The third kappa shape index (κ3) is 5.03. The van der Waals surface area contributed by atoms with Crippen LogP contribution in [-0.2, 0) is 4.79 Å². The van der Waals surface area contributed by atoms with Crippen molar-refractivity contribution in [2.24, 2.45) is 0 Å². The van der Waals surface area contributed by atoms with Crippen LogP contribution in [0.25, 0.3) is 0 Å². The van der Waals surface area contributed by atoms with Crippen molar-refractivity contribution < 1.29 is 18.3 Å². The first kappa shape index (κ1) is 17.9. The fourth-order valence-corrected chi connectivity index (χ4v) is 2.05. The minimum Gasteiger partial charge on any atom is -0.492 e. The Balaban J connectivity index is 1.83. The summed E-state index contributed by atoms with van der Waals surface area (Å²) in [4.78, 5) is 14.0. The molecule has 0 aliphatic rings. The molecule has 128 valence electrons. The minimum atomic E-state index is -0.800. The Hall–Kier alpha value is -2.47. The molecule has 0 heterocycles. The molecule has 0 fully saturated rings. The van der Waals surface area contributed by atoms with Gasteiger partial charge in [-0.3, -0.25) is 9.69 Å². The van der Waals surface area contributed by atoms with Crippen molar-refractivity contribution in [2.45, 2.75) is 13.0 Å². The third-order valence-electron chi connectivity index (χ3n) is 3.69. The summed E-state index contributed by atoms with van der Waals surface area (Å²) in [6, 6.07) is 11.9. The number of nitrogens with zero attached hydrogens (tertiary/aromatic N) is 1. The van der Waals surface area contributed by atoms with E-state index in [1.165, 1.54) is 6.07 Å². The second-order valence-corrected chi connectivity index (χ2v) is 5.43. The Morgan fingerprint density at radius 1 is 1.21 bits per heavy atom. The van der Waals surface area contributed by atoms with E-state index in [2.05, 4.69) is 5.32 Å². The second-order valence-electron chi connectivity index (χ2n) is 5.43. The molecular weight excluding hydrogens is 314 g/mol. The van der Waals surface area contributed by atoms with Gasteiger partial charge >= 0.3 is 0 Å². The normalized spacial score (nSPS) is 12.0. The van der Waals surface area contributed by atoms with E-state index in [4.69, 9.17) is 4.74 Å². The van der Waals surface area contributed by atoms with Crippen LogP contribution >= 0.6 is 0 Å². The molecule has 0 saturated heterocycles. The number of rotatable bonds is 7. The van der Waals surface area contributed by atoms with Gasteiger partial charge in [0.05, 0.1) is 11.7 Å². The van der Waals surface area contributed by atoms with E-state index >= 15 is 0 Å². The average molecular weight is 334 g/mol. The van der Waals surface area contributed by atoms with E-state index in [1.807, 2.05) is 30.3 Å². The first-order valence-corrected chi connectivity index (χ1v) is 7.61. The maximum Gasteiger partial charge on any atom is 0.241 e. The number of amides is 1. The smallest absolute Gasteiger partial charge is 0.241 e. The molecule has 0 radical (unpaired) electrons. The summed E-state index contributed by atoms with van der Waals surface area (Å²) in [7, 11) is 1.78. The van der Waals surface area contributed by atoms with Crippen molar-refractivity contribution in [2.75, 3.05) is 25.5 Å². The highest BCUT2D eigenvalue weighted by Gasteiger charge is 2.19. The Morgan fingerprint density at radius 3 is 2.58 bits per heavy atom. The van der Waals surface area contributed by atoms with Gasteiger partial charge in [0, 0.05) is 12.6 Å². The van der Waals surface area contributed by atoms with Crippen LogP contribution in [0.5, 0.6) is 5.75 Å². The number of carbonyl (C=O) groups is 1. The molecular formula is C18H20F2N2O2. The number of benzene rings is 2. The fraction of sp³-hybridized carbons (Fsp3) is 0.278. The molecule has 1 unspecified atom stereocenters. The van der Waals surface area contributed by atoms with Crippen molar-refractivity contribution in [1.29, 1.82) is 0 Å². The molecule has 2 aromatic carbocycles. The van der Waals surface area contributed by atoms with Gasteiger partial charge in [0.15, 0.2) is 0 Å². The van der Waals surface area contributed by atoms with E-state index < -0.39 is 17.7 Å². The lowest BCUT2D eigenvalue weighted by atomic mass is 10.2. The van der Waals surface area contributed by atoms with Crippen molar-refractivity contribution >= 4 is 11.6 Å². The number of carbonyl (C=O) groups excluding carboxylic acids is 1. The van der Waals surface area contributed by atoms with Gasteiger partial charge in [-0.05, 0) is 38.2 Å². The molecule has 0 bridgehead atoms. The summed E-state index contributed by atoms with van der Waals surface area (Å²) < 4.78 is 32.0. The molecule has 6 heteroatoms. The van der Waals surface area contributed by atoms with Crippen LogP contribution in [0.3, 0.4) is 0 Å². The molecule has 1 atom stereocenters. The van der Waals surface area contributed by atoms with Crippen molar-refractivity contribution in [1.82, 2.24) is 4.90 Å². The van der Waals surface area contributed by atoms with Crippen molar-refractivity contribution in [3.05, 3.63) is 60.2 Å². The van der Waals surface area contributed by atoms with Crippen LogP contribution in [0.4, 0.5) is 14.5 Å². The van der Waals surface area contributed by atoms with Crippen LogP contribution < -0.4 is 10.1 Å². The molecule has 1 amide bonds. The number of hydrogen-bond acceptors (Lipinski definition) is 3. The lowest BCUT2D eigenvalue weighted by molar-refractivity contribution is -0.120. The number of para-hydroxylation sites is 1. The zero-order valence-corrected chi connectivity index (χ0v) is 13.6. The molecule has 4 nitrogen and oxygen atoms in total. The molecule has 0 spiro atoms. The van der Waals surface area contributed by atoms with Gasteiger partial charge in [-0.2, -0.15) is 0 Å². The monoisotopic (exact) mass is 334 g/mol. The third-order valence-corrected chi connectivity index (χ3v) is 3.69. The molecule has 0 aliphatic heterocycles. The second kappa shape index (κ2) is 8.40. The molecule has 2 rings (SSSR count). The molecule has 0 saturated carbocycles. The van der Waals surface area contributed by atoms with Crippen LogP contribution in [0.1, 0.15) is 6.92 Å². The maximum absolute atomic E-state index is 13.6. The molecule has 1 N–H and O–H groups in total. The zero-order valence-electron chi connectivity index (χ0n) is 13.6. The predicted molar refractivity (Wildman–Crippen MR) is 89.0 cm³/mol. The quantitative estimate of drug-likeness (QED) is 0.845. The Kier molecular flexibility index (Phi) is 6.26. The summed E-state index contributed by atoms with van der Waals surface area (Å²) in [6.07, 6.45) is 0. The number of halogens is 2. The summed E-state index contributed by atoms with van der Waals surface area (Å²) in [6.45, 7) is 2.65. The van der Waals surface area contributed by atoms with E-state index in [0.717, 1.165) is 17.9 Å². The van der Waals surface area contributed by atoms with Crippen molar-refractivity contribution in [3.63, 3.8) is 0 Å². The number of anilines is 1. The van der Waals surface area contributed by atoms with Gasteiger partial charge in [-0.25, -0.2) is 8.78 Å². The van der Waals surface area contributed by atoms with Gasteiger partial charge in [0.1, 0.15) is 24.0 Å². The first-order chi connectivity index (χ1) is 11.5. The standard InChI is InChI=1S/C18H20F2N2O2/c1-13(18(23)21-17-9-8-14(19)12-16(17)20)22(2)10-11-24-15-6-4-3-5-7-15/h3-9,12-13H,10-11H2,1-2H3,(H,21,23). The van der Waals surface area contributed by atoms with E-state index in [1.54, 1.807) is 18.9 Å². The van der Waals surface area contributed by atoms with Gasteiger partial charge in [-0.1, -0.05) is 18.2 Å². The van der Waals surface area contributed by atoms with Crippen LogP contribution in [0, 0.1) is 11.6 Å². The average Bonchev–Trinajstić information content (AvgIpc) is 2.57. The van der Waals surface area contributed by atoms with Gasteiger partial charge in [0.2, 0.25) is 5.91 Å². The lowest BCUT2D eigenvalue weighted by Crippen LogP contribution is -2.41. The van der Waals surface area contributed by atoms with Gasteiger partial charge in [0.25, 0.3) is 0 Å². The van der Waals surface area contributed by atoms with E-state index in [0.29, 0.717) is 13.2 Å². The fourth-order valence-electron chi connectivity index (χ4n) is 2.05.